The molecule has 2 aliphatic heterocycles. The van der Waals surface area contributed by atoms with Crippen LogP contribution in [-0.2, 0) is 4.74 Å². The minimum atomic E-state index is -0.401. The van der Waals surface area contributed by atoms with E-state index in [-0.39, 0.29) is 18.2 Å². The van der Waals surface area contributed by atoms with Gasteiger partial charge in [-0.3, -0.25) is 4.79 Å². The number of unbranched alkanes of at least 4 members (excludes halogenated alkanes) is 1. The van der Waals surface area contributed by atoms with Crippen LogP contribution in [0.2, 0.25) is 0 Å². The maximum Gasteiger partial charge on any atom is 0.409 e. The number of likely N-dealkylation sites (tertiary alicyclic amines) is 1. The maximum absolute atomic E-state index is 11.8. The molecule has 5 nitrogen and oxygen atoms in total. The molecule has 0 aliphatic carbocycles. The van der Waals surface area contributed by atoms with Crippen molar-refractivity contribution in [3.63, 3.8) is 0 Å². The van der Waals surface area contributed by atoms with Crippen LogP contribution in [0.25, 0.3) is 0 Å². The zero-order valence-electron chi connectivity index (χ0n) is 10.6. The van der Waals surface area contributed by atoms with Crippen LogP contribution in [0.5, 0.6) is 0 Å². The molecule has 2 aliphatic rings. The number of carbonyl (C=O) groups is 2. The number of halogens is 1. The smallest absolute Gasteiger partial charge is 0.409 e. The van der Waals surface area contributed by atoms with E-state index in [0.717, 1.165) is 25.7 Å². The van der Waals surface area contributed by atoms with Gasteiger partial charge in [-0.25, -0.2) is 4.79 Å². The van der Waals surface area contributed by atoms with E-state index in [2.05, 4.69) is 6.92 Å². The van der Waals surface area contributed by atoms with E-state index in [9.17, 15) is 9.59 Å². The first-order chi connectivity index (χ1) is 8.63. The van der Waals surface area contributed by atoms with Crippen LogP contribution in [0.15, 0.2) is 0 Å². The van der Waals surface area contributed by atoms with Crippen molar-refractivity contribution in [1.29, 1.82) is 0 Å². The van der Waals surface area contributed by atoms with Crippen molar-refractivity contribution < 1.29 is 14.3 Å². The van der Waals surface area contributed by atoms with Gasteiger partial charge in [-0.2, -0.15) is 0 Å². The molecule has 18 heavy (non-hydrogen) atoms. The quantitative estimate of drug-likeness (QED) is 0.451. The summed E-state index contributed by atoms with van der Waals surface area (Å²) in [5.74, 6) is 0. The fourth-order valence-corrected chi connectivity index (χ4v) is 3.01. The lowest BCUT2D eigenvalue weighted by Crippen LogP contribution is -2.56. The second-order valence-corrected chi connectivity index (χ2v) is 5.24. The van der Waals surface area contributed by atoms with Gasteiger partial charge in [-0.1, -0.05) is 13.3 Å². The first kappa shape index (κ1) is 13.5. The lowest BCUT2D eigenvalue weighted by atomic mass is 10.2. The fraction of sp³-hybridized carbons (Fsp3) is 0.833. The monoisotopic (exact) mass is 274 g/mol. The molecule has 2 heterocycles. The highest BCUT2D eigenvalue weighted by atomic mass is 35.5. The van der Waals surface area contributed by atoms with Gasteiger partial charge in [0.25, 0.3) is 0 Å². The van der Waals surface area contributed by atoms with Crippen molar-refractivity contribution in [2.45, 2.75) is 44.7 Å². The van der Waals surface area contributed by atoms with E-state index in [1.165, 1.54) is 0 Å². The molecule has 2 amide bonds. The highest BCUT2D eigenvalue weighted by Crippen LogP contribution is 2.31. The first-order valence-electron chi connectivity index (χ1n) is 6.53. The maximum atomic E-state index is 11.8. The molecule has 0 spiro atoms. The standard InChI is InChI=1S/C12H19ClN2O3/c1-2-3-6-18-12(17)14-7-9-4-5-10(8-14)15(9)11(13)16/h9-10H,2-8H2,1H3. The van der Waals surface area contributed by atoms with Crippen molar-refractivity contribution >= 4 is 23.1 Å². The third kappa shape index (κ3) is 2.71. The average Bonchev–Trinajstić information content (AvgIpc) is 2.61. The van der Waals surface area contributed by atoms with Gasteiger partial charge in [-0.05, 0) is 30.9 Å². The van der Waals surface area contributed by atoms with Gasteiger partial charge in [0.2, 0.25) is 0 Å². The summed E-state index contributed by atoms with van der Waals surface area (Å²) in [4.78, 5) is 26.5. The first-order valence-corrected chi connectivity index (χ1v) is 6.90. The van der Waals surface area contributed by atoms with E-state index in [1.807, 2.05) is 0 Å². The third-order valence-electron chi connectivity index (χ3n) is 3.67. The molecule has 2 rings (SSSR count). The Balaban J connectivity index is 1.88. The molecular formula is C12H19ClN2O3. The van der Waals surface area contributed by atoms with Gasteiger partial charge in [-0.15, -0.1) is 0 Å². The summed E-state index contributed by atoms with van der Waals surface area (Å²) in [5, 5.41) is -0.401. The van der Waals surface area contributed by atoms with Crippen molar-refractivity contribution in [2.24, 2.45) is 0 Å². The molecule has 2 fully saturated rings. The van der Waals surface area contributed by atoms with E-state index >= 15 is 0 Å². The highest BCUT2D eigenvalue weighted by Gasteiger charge is 2.43. The molecule has 6 heteroatoms. The Labute approximate surface area is 112 Å². The van der Waals surface area contributed by atoms with Gasteiger partial charge < -0.3 is 14.5 Å². The van der Waals surface area contributed by atoms with Crippen molar-refractivity contribution in [2.75, 3.05) is 19.7 Å². The third-order valence-corrected chi connectivity index (χ3v) is 3.86. The minimum absolute atomic E-state index is 0.0625. The number of fused-ring (bicyclic) bond motifs is 2. The number of rotatable bonds is 3. The van der Waals surface area contributed by atoms with Crippen LogP contribution in [-0.4, -0.2) is 53.0 Å². The predicted molar refractivity (Wildman–Crippen MR) is 67.7 cm³/mol. The Morgan fingerprint density at radius 2 is 1.89 bits per heavy atom. The molecule has 2 atom stereocenters. The Morgan fingerprint density at radius 3 is 2.39 bits per heavy atom. The van der Waals surface area contributed by atoms with Gasteiger partial charge >= 0.3 is 11.5 Å². The fourth-order valence-electron chi connectivity index (χ4n) is 2.73. The summed E-state index contributed by atoms with van der Waals surface area (Å²) < 4.78 is 5.19. The largest absolute Gasteiger partial charge is 0.449 e. The summed E-state index contributed by atoms with van der Waals surface area (Å²) in [6.07, 6.45) is 3.47. The van der Waals surface area contributed by atoms with Crippen LogP contribution in [0.1, 0.15) is 32.6 Å². The number of ether oxygens (including phenoxy) is 1. The highest BCUT2D eigenvalue weighted by molar-refractivity contribution is 6.62. The summed E-state index contributed by atoms with van der Waals surface area (Å²) in [6.45, 7) is 3.61. The lowest BCUT2D eigenvalue weighted by Gasteiger charge is -2.39. The number of carbonyl (C=O) groups excluding carboxylic acids is 2. The van der Waals surface area contributed by atoms with Crippen molar-refractivity contribution in [3.8, 4) is 0 Å². The molecule has 0 N–H and O–H groups in total. The SMILES string of the molecule is CCCCOC(=O)N1CC2CCC(C1)N2C(=O)Cl. The number of nitrogens with zero attached hydrogens (tertiary/aromatic N) is 2. The van der Waals surface area contributed by atoms with Gasteiger partial charge in [0.05, 0.1) is 18.7 Å². The van der Waals surface area contributed by atoms with Crippen molar-refractivity contribution in [1.82, 2.24) is 9.80 Å². The molecule has 2 bridgehead atoms. The Morgan fingerprint density at radius 1 is 1.28 bits per heavy atom. The summed E-state index contributed by atoms with van der Waals surface area (Å²) >= 11 is 5.57. The molecule has 2 saturated heterocycles. The Hall–Kier alpha value is -0.970. The topological polar surface area (TPSA) is 49.9 Å². The second-order valence-electron chi connectivity index (χ2n) is 4.92. The minimum Gasteiger partial charge on any atom is -0.449 e. The van der Waals surface area contributed by atoms with E-state index < -0.39 is 5.37 Å². The number of piperazine rings is 1. The molecular weight excluding hydrogens is 256 g/mol. The molecule has 0 aromatic rings. The predicted octanol–water partition coefficient (Wildman–Crippen LogP) is 2.43. The molecule has 0 aromatic carbocycles. The second kappa shape index (κ2) is 5.78. The number of amides is 2. The molecule has 0 radical (unpaired) electrons. The molecule has 2 unspecified atom stereocenters. The zero-order chi connectivity index (χ0) is 13.1. The Bertz CT molecular complexity index is 323. The van der Waals surface area contributed by atoms with Crippen LogP contribution in [0, 0.1) is 0 Å². The van der Waals surface area contributed by atoms with E-state index in [4.69, 9.17) is 16.3 Å². The van der Waals surface area contributed by atoms with Gasteiger partial charge in [0.15, 0.2) is 0 Å². The van der Waals surface area contributed by atoms with E-state index in [1.54, 1.807) is 9.80 Å². The summed E-state index contributed by atoms with van der Waals surface area (Å²) in [5.41, 5.74) is 0. The van der Waals surface area contributed by atoms with Crippen LogP contribution in [0.3, 0.4) is 0 Å². The van der Waals surface area contributed by atoms with Crippen LogP contribution >= 0.6 is 11.6 Å². The van der Waals surface area contributed by atoms with Crippen LogP contribution in [0.4, 0.5) is 9.59 Å². The summed E-state index contributed by atoms with van der Waals surface area (Å²) in [7, 11) is 0. The van der Waals surface area contributed by atoms with Crippen LogP contribution < -0.4 is 0 Å². The Kier molecular flexibility index (Phi) is 4.32. The van der Waals surface area contributed by atoms with Gasteiger partial charge in [0, 0.05) is 13.1 Å². The zero-order valence-corrected chi connectivity index (χ0v) is 11.4. The average molecular weight is 275 g/mol. The number of hydrogen-bond donors (Lipinski definition) is 0. The normalized spacial score (nSPS) is 26.3. The molecule has 0 aromatic heterocycles. The number of hydrogen-bond acceptors (Lipinski definition) is 3. The van der Waals surface area contributed by atoms with Gasteiger partial charge in [0.1, 0.15) is 0 Å². The molecule has 102 valence electrons. The van der Waals surface area contributed by atoms with E-state index in [0.29, 0.717) is 19.7 Å². The molecule has 0 saturated carbocycles. The lowest BCUT2D eigenvalue weighted by molar-refractivity contribution is 0.0624. The van der Waals surface area contributed by atoms with Crippen molar-refractivity contribution in [3.05, 3.63) is 0 Å². The summed E-state index contributed by atoms with van der Waals surface area (Å²) in [6, 6.07) is 0.125.